The van der Waals surface area contributed by atoms with E-state index in [4.69, 9.17) is 11.6 Å². The predicted octanol–water partition coefficient (Wildman–Crippen LogP) is 3.54. The number of aromatic nitrogens is 2. The van der Waals surface area contributed by atoms with Gasteiger partial charge in [0.1, 0.15) is 5.65 Å². The van der Waals surface area contributed by atoms with Crippen molar-refractivity contribution in [3.8, 4) is 0 Å². The first kappa shape index (κ1) is 16.7. The molecule has 0 fully saturated rings. The van der Waals surface area contributed by atoms with Crippen LogP contribution in [0.2, 0.25) is 5.02 Å². The fraction of sp³-hybridized carbons (Fsp3) is 0.263. The van der Waals surface area contributed by atoms with E-state index in [9.17, 15) is 4.79 Å². The first-order valence-corrected chi connectivity index (χ1v) is 8.37. The van der Waals surface area contributed by atoms with Gasteiger partial charge in [0.2, 0.25) is 0 Å². The smallest absolute Gasteiger partial charge is 0.258 e. The molecule has 0 saturated carbocycles. The van der Waals surface area contributed by atoms with Gasteiger partial charge in [-0.1, -0.05) is 42.8 Å². The highest BCUT2D eigenvalue weighted by Gasteiger charge is 2.07. The SMILES string of the molecule is CCc1ccc(CN(C)Cc2cc(=O)n3cc(Cl)ccc3n2)cc1. The fourth-order valence-corrected chi connectivity index (χ4v) is 2.89. The zero-order valence-corrected chi connectivity index (χ0v) is 14.6. The molecule has 2 aromatic heterocycles. The summed E-state index contributed by atoms with van der Waals surface area (Å²) < 4.78 is 1.47. The summed E-state index contributed by atoms with van der Waals surface area (Å²) in [5.41, 5.74) is 3.85. The number of halogens is 1. The molecule has 0 aliphatic carbocycles. The van der Waals surface area contributed by atoms with Crippen molar-refractivity contribution in [1.82, 2.24) is 14.3 Å². The Balaban J connectivity index is 1.76. The van der Waals surface area contributed by atoms with E-state index in [1.165, 1.54) is 15.5 Å². The van der Waals surface area contributed by atoms with Gasteiger partial charge in [0.25, 0.3) is 5.56 Å². The molecule has 3 aromatic rings. The second-order valence-corrected chi connectivity index (χ2v) is 6.44. The van der Waals surface area contributed by atoms with Crippen LogP contribution in [0.3, 0.4) is 0 Å². The minimum Gasteiger partial charge on any atom is -0.296 e. The summed E-state index contributed by atoms with van der Waals surface area (Å²) in [6, 6.07) is 13.7. The normalized spacial score (nSPS) is 11.3. The van der Waals surface area contributed by atoms with Crippen LogP contribution in [0.4, 0.5) is 0 Å². The van der Waals surface area contributed by atoms with Crippen LogP contribution in [0.5, 0.6) is 0 Å². The van der Waals surface area contributed by atoms with Crippen molar-refractivity contribution >= 4 is 17.2 Å². The fourth-order valence-electron chi connectivity index (χ4n) is 2.73. The Kier molecular flexibility index (Phi) is 4.97. The number of hydrogen-bond donors (Lipinski definition) is 0. The Labute approximate surface area is 146 Å². The number of rotatable bonds is 5. The average Bonchev–Trinajstić information content (AvgIpc) is 2.56. The van der Waals surface area contributed by atoms with Gasteiger partial charge >= 0.3 is 0 Å². The van der Waals surface area contributed by atoms with Crippen molar-refractivity contribution < 1.29 is 0 Å². The van der Waals surface area contributed by atoms with Crippen LogP contribution in [0.1, 0.15) is 23.7 Å². The first-order valence-electron chi connectivity index (χ1n) is 7.99. The minimum absolute atomic E-state index is 0.113. The molecule has 0 N–H and O–H groups in total. The lowest BCUT2D eigenvalue weighted by molar-refractivity contribution is 0.315. The Morgan fingerprint density at radius 2 is 1.79 bits per heavy atom. The lowest BCUT2D eigenvalue weighted by Crippen LogP contribution is -2.21. The summed E-state index contributed by atoms with van der Waals surface area (Å²) >= 11 is 5.93. The van der Waals surface area contributed by atoms with E-state index in [0.717, 1.165) is 18.7 Å². The van der Waals surface area contributed by atoms with Gasteiger partial charge in [-0.2, -0.15) is 0 Å². The lowest BCUT2D eigenvalue weighted by Gasteiger charge is -2.16. The Morgan fingerprint density at radius 1 is 1.08 bits per heavy atom. The van der Waals surface area contributed by atoms with Gasteiger partial charge in [0, 0.05) is 25.4 Å². The molecule has 24 heavy (non-hydrogen) atoms. The van der Waals surface area contributed by atoms with E-state index in [2.05, 4.69) is 41.1 Å². The topological polar surface area (TPSA) is 37.6 Å². The largest absolute Gasteiger partial charge is 0.296 e. The van der Waals surface area contributed by atoms with Crippen LogP contribution < -0.4 is 5.56 Å². The molecule has 0 saturated heterocycles. The second-order valence-electron chi connectivity index (χ2n) is 6.00. The van der Waals surface area contributed by atoms with E-state index in [1.807, 2.05) is 7.05 Å². The van der Waals surface area contributed by atoms with Crippen molar-refractivity contribution in [2.24, 2.45) is 0 Å². The third-order valence-electron chi connectivity index (χ3n) is 3.99. The molecule has 0 unspecified atom stereocenters. The van der Waals surface area contributed by atoms with Crippen molar-refractivity contribution in [3.63, 3.8) is 0 Å². The lowest BCUT2D eigenvalue weighted by atomic mass is 10.1. The maximum atomic E-state index is 12.2. The molecule has 1 aromatic carbocycles. The summed E-state index contributed by atoms with van der Waals surface area (Å²) in [6.45, 7) is 3.58. The van der Waals surface area contributed by atoms with E-state index in [1.54, 1.807) is 24.4 Å². The molecule has 0 bridgehead atoms. The van der Waals surface area contributed by atoms with Crippen molar-refractivity contribution in [3.05, 3.63) is 80.9 Å². The highest BCUT2D eigenvalue weighted by Crippen LogP contribution is 2.11. The van der Waals surface area contributed by atoms with E-state index in [0.29, 0.717) is 17.2 Å². The number of benzene rings is 1. The average molecular weight is 342 g/mol. The summed E-state index contributed by atoms with van der Waals surface area (Å²) in [6.07, 6.45) is 2.64. The molecular formula is C19H20ClN3O. The highest BCUT2D eigenvalue weighted by atomic mass is 35.5. The van der Waals surface area contributed by atoms with E-state index < -0.39 is 0 Å². The van der Waals surface area contributed by atoms with Gasteiger partial charge in [0.05, 0.1) is 10.7 Å². The molecule has 5 heteroatoms. The van der Waals surface area contributed by atoms with Gasteiger partial charge in [-0.3, -0.25) is 14.1 Å². The molecule has 4 nitrogen and oxygen atoms in total. The molecule has 124 valence electrons. The summed E-state index contributed by atoms with van der Waals surface area (Å²) in [4.78, 5) is 18.9. The van der Waals surface area contributed by atoms with Crippen LogP contribution >= 0.6 is 11.6 Å². The predicted molar refractivity (Wildman–Crippen MR) is 97.5 cm³/mol. The highest BCUT2D eigenvalue weighted by molar-refractivity contribution is 6.30. The van der Waals surface area contributed by atoms with Gasteiger partial charge in [0.15, 0.2) is 0 Å². The van der Waals surface area contributed by atoms with Crippen LogP contribution in [0.15, 0.2) is 53.5 Å². The maximum absolute atomic E-state index is 12.2. The molecule has 0 spiro atoms. The monoisotopic (exact) mass is 341 g/mol. The van der Waals surface area contributed by atoms with Crippen LogP contribution in [-0.2, 0) is 19.5 Å². The number of pyridine rings is 1. The summed E-state index contributed by atoms with van der Waals surface area (Å²) in [7, 11) is 2.03. The standard InChI is InChI=1S/C19H20ClN3O/c1-3-14-4-6-15(7-5-14)11-22(2)13-17-10-19(24)23-12-16(20)8-9-18(23)21-17/h4-10,12H,3,11,13H2,1-2H3. The van der Waals surface area contributed by atoms with Gasteiger partial charge < -0.3 is 0 Å². The molecule has 0 aliphatic rings. The van der Waals surface area contributed by atoms with Crippen molar-refractivity contribution in [1.29, 1.82) is 0 Å². The van der Waals surface area contributed by atoms with Crippen molar-refractivity contribution in [2.45, 2.75) is 26.4 Å². The number of hydrogen-bond acceptors (Lipinski definition) is 3. The molecule has 3 rings (SSSR count). The van der Waals surface area contributed by atoms with Crippen LogP contribution in [0.25, 0.3) is 5.65 Å². The molecule has 2 heterocycles. The Bertz CT molecular complexity index is 903. The van der Waals surface area contributed by atoms with E-state index in [-0.39, 0.29) is 5.56 Å². The van der Waals surface area contributed by atoms with E-state index >= 15 is 0 Å². The number of aryl methyl sites for hydroxylation is 1. The number of fused-ring (bicyclic) bond motifs is 1. The first-order chi connectivity index (χ1) is 11.5. The summed E-state index contributed by atoms with van der Waals surface area (Å²) in [5, 5.41) is 0.520. The van der Waals surface area contributed by atoms with Gasteiger partial charge in [-0.15, -0.1) is 0 Å². The Hall–Kier alpha value is -2.17. The minimum atomic E-state index is -0.113. The number of nitrogens with zero attached hydrogens (tertiary/aromatic N) is 3. The zero-order valence-electron chi connectivity index (χ0n) is 13.9. The second kappa shape index (κ2) is 7.16. The van der Waals surface area contributed by atoms with Gasteiger partial charge in [-0.05, 0) is 36.7 Å². The summed E-state index contributed by atoms with van der Waals surface area (Å²) in [5.74, 6) is 0. The van der Waals surface area contributed by atoms with Gasteiger partial charge in [-0.25, -0.2) is 4.98 Å². The van der Waals surface area contributed by atoms with Crippen molar-refractivity contribution in [2.75, 3.05) is 7.05 Å². The molecule has 0 amide bonds. The third kappa shape index (κ3) is 3.83. The third-order valence-corrected chi connectivity index (χ3v) is 4.22. The maximum Gasteiger partial charge on any atom is 0.258 e. The molecule has 0 radical (unpaired) electrons. The van der Waals surface area contributed by atoms with Crippen LogP contribution in [0, 0.1) is 0 Å². The molecular weight excluding hydrogens is 322 g/mol. The molecule has 0 atom stereocenters. The molecule has 0 aliphatic heterocycles. The quantitative estimate of drug-likeness (QED) is 0.712. The zero-order chi connectivity index (χ0) is 17.1. The Morgan fingerprint density at radius 3 is 2.50 bits per heavy atom. The van der Waals surface area contributed by atoms with Crippen LogP contribution in [-0.4, -0.2) is 21.3 Å².